The van der Waals surface area contributed by atoms with Crippen molar-refractivity contribution in [1.29, 1.82) is 5.26 Å². The van der Waals surface area contributed by atoms with Gasteiger partial charge in [0.1, 0.15) is 6.07 Å². The lowest BCUT2D eigenvalue weighted by Gasteiger charge is -2.30. The lowest BCUT2D eigenvalue weighted by Crippen LogP contribution is -2.35. The van der Waals surface area contributed by atoms with E-state index in [1.807, 2.05) is 12.1 Å². The summed E-state index contributed by atoms with van der Waals surface area (Å²) in [7, 11) is 0. The summed E-state index contributed by atoms with van der Waals surface area (Å²) < 4.78 is 17.7. The van der Waals surface area contributed by atoms with Crippen molar-refractivity contribution in [1.82, 2.24) is 0 Å². The van der Waals surface area contributed by atoms with Gasteiger partial charge in [-0.2, -0.15) is 5.26 Å². The molecule has 0 bridgehead atoms. The lowest BCUT2D eigenvalue weighted by atomic mass is 10.2. The first kappa shape index (κ1) is 10.3. The minimum atomic E-state index is -1.30. The van der Waals surface area contributed by atoms with E-state index in [9.17, 15) is 4.39 Å². The van der Waals surface area contributed by atoms with Gasteiger partial charge in [0.25, 0.3) is 0 Å². The summed E-state index contributed by atoms with van der Waals surface area (Å²) in [6.07, 6.45) is -1.30. The number of para-hydroxylation sites is 1. The zero-order chi connectivity index (χ0) is 10.7. The van der Waals surface area contributed by atoms with Crippen LogP contribution in [-0.2, 0) is 4.18 Å². The summed E-state index contributed by atoms with van der Waals surface area (Å²) in [5.74, 6) is 0.541. The number of halogens is 1. The van der Waals surface area contributed by atoms with E-state index in [2.05, 4.69) is 6.07 Å². The van der Waals surface area contributed by atoms with Gasteiger partial charge in [-0.3, -0.25) is 4.18 Å². The van der Waals surface area contributed by atoms with Gasteiger partial charge in [0.2, 0.25) is 6.36 Å². The van der Waals surface area contributed by atoms with Crippen LogP contribution in [0.2, 0.25) is 0 Å². The molecule has 0 spiro atoms. The SMILES string of the molecule is N#Cc1ccccc1N1CSOC(F)C1. The van der Waals surface area contributed by atoms with Crippen molar-refractivity contribution in [3.8, 4) is 6.07 Å². The summed E-state index contributed by atoms with van der Waals surface area (Å²) in [5.41, 5.74) is 1.32. The molecule has 1 saturated heterocycles. The Labute approximate surface area is 91.6 Å². The normalized spacial score (nSPS) is 21.1. The average molecular weight is 224 g/mol. The summed E-state index contributed by atoms with van der Waals surface area (Å²) in [5, 5.41) is 8.91. The summed E-state index contributed by atoms with van der Waals surface area (Å²) in [4.78, 5) is 1.80. The fourth-order valence-corrected chi connectivity index (χ4v) is 2.08. The monoisotopic (exact) mass is 224 g/mol. The molecule has 1 unspecified atom stereocenters. The molecule has 1 aromatic carbocycles. The largest absolute Gasteiger partial charge is 0.353 e. The fraction of sp³-hybridized carbons (Fsp3) is 0.300. The van der Waals surface area contributed by atoms with Crippen LogP contribution in [0.1, 0.15) is 5.56 Å². The molecule has 1 aliphatic heterocycles. The first-order valence-corrected chi connectivity index (χ1v) is 5.39. The van der Waals surface area contributed by atoms with Crippen LogP contribution < -0.4 is 4.90 Å². The number of hydrogen-bond donors (Lipinski definition) is 0. The molecule has 1 aromatic rings. The van der Waals surface area contributed by atoms with Crippen molar-refractivity contribution in [3.05, 3.63) is 29.8 Å². The molecule has 0 aliphatic carbocycles. The molecule has 1 atom stereocenters. The fourth-order valence-electron chi connectivity index (χ4n) is 1.44. The Morgan fingerprint density at radius 2 is 2.33 bits per heavy atom. The summed E-state index contributed by atoms with van der Waals surface area (Å²) >= 11 is 1.07. The van der Waals surface area contributed by atoms with Crippen LogP contribution in [0.5, 0.6) is 0 Å². The maximum Gasteiger partial charge on any atom is 0.228 e. The van der Waals surface area contributed by atoms with E-state index in [1.165, 1.54) is 0 Å². The second kappa shape index (κ2) is 4.51. The topological polar surface area (TPSA) is 36.3 Å². The van der Waals surface area contributed by atoms with Gasteiger partial charge in [-0.25, -0.2) is 4.39 Å². The predicted octanol–water partition coefficient (Wildman–Crippen LogP) is 2.30. The molecule has 78 valence electrons. The minimum absolute atomic E-state index is 0.172. The Morgan fingerprint density at radius 1 is 1.53 bits per heavy atom. The van der Waals surface area contributed by atoms with Gasteiger partial charge < -0.3 is 4.90 Å². The second-order valence-electron chi connectivity index (χ2n) is 3.10. The van der Waals surface area contributed by atoms with Gasteiger partial charge >= 0.3 is 0 Å². The predicted molar refractivity (Wildman–Crippen MR) is 56.9 cm³/mol. The van der Waals surface area contributed by atoms with Crippen LogP contribution in [0, 0.1) is 11.3 Å². The number of benzene rings is 1. The van der Waals surface area contributed by atoms with E-state index >= 15 is 0 Å². The zero-order valence-corrected chi connectivity index (χ0v) is 8.71. The highest BCUT2D eigenvalue weighted by atomic mass is 32.2. The van der Waals surface area contributed by atoms with Crippen LogP contribution in [-0.4, -0.2) is 18.8 Å². The molecule has 5 heteroatoms. The van der Waals surface area contributed by atoms with Gasteiger partial charge in [0, 0.05) is 12.0 Å². The highest BCUT2D eigenvalue weighted by molar-refractivity contribution is 7.94. The minimum Gasteiger partial charge on any atom is -0.353 e. The number of hydrogen-bond acceptors (Lipinski definition) is 4. The maximum absolute atomic E-state index is 13.0. The van der Waals surface area contributed by atoms with Crippen molar-refractivity contribution in [2.24, 2.45) is 0 Å². The van der Waals surface area contributed by atoms with Gasteiger partial charge in [-0.15, -0.1) is 0 Å². The van der Waals surface area contributed by atoms with E-state index in [4.69, 9.17) is 9.44 Å². The molecule has 0 saturated carbocycles. The van der Waals surface area contributed by atoms with Crippen molar-refractivity contribution in [2.75, 3.05) is 17.3 Å². The van der Waals surface area contributed by atoms with Crippen molar-refractivity contribution in [3.63, 3.8) is 0 Å². The molecule has 0 aromatic heterocycles. The zero-order valence-electron chi connectivity index (χ0n) is 7.89. The Bertz CT molecular complexity index is 393. The van der Waals surface area contributed by atoms with Gasteiger partial charge in [0.05, 0.1) is 23.7 Å². The number of nitriles is 1. The second-order valence-corrected chi connectivity index (χ2v) is 3.79. The molecule has 3 nitrogen and oxygen atoms in total. The lowest BCUT2D eigenvalue weighted by molar-refractivity contribution is 0.0908. The van der Waals surface area contributed by atoms with Crippen LogP contribution >= 0.6 is 12.0 Å². The standard InChI is InChI=1S/C10H9FN2OS/c11-10-6-13(7-15-14-10)9-4-2-1-3-8(9)5-12/h1-4,10H,6-7H2. The van der Waals surface area contributed by atoms with Crippen LogP contribution in [0.3, 0.4) is 0 Å². The van der Waals surface area contributed by atoms with Crippen LogP contribution in [0.25, 0.3) is 0 Å². The molecule has 1 aliphatic rings. The van der Waals surface area contributed by atoms with E-state index in [-0.39, 0.29) is 6.54 Å². The Balaban J connectivity index is 2.25. The maximum atomic E-state index is 13.0. The number of rotatable bonds is 1. The highest BCUT2D eigenvalue weighted by Crippen LogP contribution is 2.27. The third-order valence-electron chi connectivity index (χ3n) is 2.11. The van der Waals surface area contributed by atoms with E-state index < -0.39 is 6.36 Å². The molecule has 1 fully saturated rings. The Hall–Kier alpha value is -1.25. The molecule has 0 radical (unpaired) electrons. The first-order chi connectivity index (χ1) is 7.31. The summed E-state index contributed by atoms with van der Waals surface area (Å²) in [6, 6.07) is 9.27. The van der Waals surface area contributed by atoms with Crippen molar-refractivity contribution >= 4 is 17.7 Å². The molecule has 0 amide bonds. The van der Waals surface area contributed by atoms with E-state index in [0.29, 0.717) is 11.4 Å². The number of nitrogens with zero attached hydrogens (tertiary/aromatic N) is 2. The summed E-state index contributed by atoms with van der Waals surface area (Å²) in [6.45, 7) is 0.172. The van der Waals surface area contributed by atoms with E-state index in [0.717, 1.165) is 17.7 Å². The molecular weight excluding hydrogens is 215 g/mol. The van der Waals surface area contributed by atoms with E-state index in [1.54, 1.807) is 17.0 Å². The van der Waals surface area contributed by atoms with Crippen molar-refractivity contribution in [2.45, 2.75) is 6.36 Å². The molecule has 0 N–H and O–H groups in total. The average Bonchev–Trinajstić information content (AvgIpc) is 2.29. The molecule has 15 heavy (non-hydrogen) atoms. The van der Waals surface area contributed by atoms with Gasteiger partial charge in [-0.1, -0.05) is 12.1 Å². The highest BCUT2D eigenvalue weighted by Gasteiger charge is 2.22. The van der Waals surface area contributed by atoms with Crippen LogP contribution in [0.4, 0.5) is 10.1 Å². The van der Waals surface area contributed by atoms with Gasteiger partial charge in [-0.05, 0) is 12.1 Å². The molecular formula is C10H9FN2OS. The van der Waals surface area contributed by atoms with Crippen LogP contribution in [0.15, 0.2) is 24.3 Å². The molecule has 2 rings (SSSR count). The smallest absolute Gasteiger partial charge is 0.228 e. The third-order valence-corrected chi connectivity index (χ3v) is 2.87. The number of alkyl halides is 1. The Kier molecular flexibility index (Phi) is 3.09. The quantitative estimate of drug-likeness (QED) is 0.686. The number of anilines is 1. The third kappa shape index (κ3) is 2.22. The Morgan fingerprint density at radius 3 is 3.07 bits per heavy atom. The van der Waals surface area contributed by atoms with Crippen molar-refractivity contribution < 1.29 is 8.57 Å². The molecule has 1 heterocycles. The first-order valence-electron chi connectivity index (χ1n) is 4.47. The van der Waals surface area contributed by atoms with Gasteiger partial charge in [0.15, 0.2) is 0 Å².